The Balaban J connectivity index is 2.63. The molecule has 92 valence electrons. The molecule has 0 radical (unpaired) electrons. The monoisotopic (exact) mass is 222 g/mol. The van der Waals surface area contributed by atoms with Gasteiger partial charge in [0.05, 0.1) is 0 Å². The molecule has 0 aliphatic heterocycles. The van der Waals surface area contributed by atoms with E-state index in [4.69, 9.17) is 0 Å². The van der Waals surface area contributed by atoms with Crippen LogP contribution in [0.15, 0.2) is 11.6 Å². The lowest BCUT2D eigenvalue weighted by Gasteiger charge is -2.22. The molecule has 0 aromatic rings. The number of allylic oxidation sites excluding steroid dienone is 2. The molecule has 0 aromatic carbocycles. The molecule has 0 saturated heterocycles. The molecule has 2 atom stereocenters. The molecule has 16 heavy (non-hydrogen) atoms. The van der Waals surface area contributed by atoms with Gasteiger partial charge in [-0.1, -0.05) is 38.3 Å². The number of carbonyl (C=O) groups excluding carboxylic acids is 1. The lowest BCUT2D eigenvalue weighted by Crippen LogP contribution is -2.20. The van der Waals surface area contributed by atoms with Crippen molar-refractivity contribution in [2.24, 2.45) is 11.8 Å². The number of ketones is 1. The van der Waals surface area contributed by atoms with Crippen LogP contribution in [-0.4, -0.2) is 5.78 Å². The summed E-state index contributed by atoms with van der Waals surface area (Å²) in [5.41, 5.74) is 1.48. The molecule has 0 heterocycles. The summed E-state index contributed by atoms with van der Waals surface area (Å²) in [4.78, 5) is 12.0. The van der Waals surface area contributed by atoms with Gasteiger partial charge >= 0.3 is 0 Å². The number of Topliss-reactive ketones (excluding diaryl/α,β-unsaturated/α-hetero) is 1. The third-order valence-corrected chi connectivity index (χ3v) is 3.94. The van der Waals surface area contributed by atoms with Crippen molar-refractivity contribution in [3.63, 3.8) is 0 Å². The minimum atomic E-state index is 0.283. The van der Waals surface area contributed by atoms with Crippen LogP contribution in [0, 0.1) is 11.8 Å². The Labute approximate surface area is 100 Å². The molecular weight excluding hydrogens is 196 g/mol. The Bertz CT molecular complexity index is 252. The number of carbonyl (C=O) groups is 1. The Morgan fingerprint density at radius 3 is 2.81 bits per heavy atom. The van der Waals surface area contributed by atoms with Gasteiger partial charge in [0.15, 0.2) is 0 Å². The molecule has 0 bridgehead atoms. The molecule has 1 nitrogen and oxygen atoms in total. The first-order valence-corrected chi connectivity index (χ1v) is 6.83. The summed E-state index contributed by atoms with van der Waals surface area (Å²) in [5.74, 6) is 1.38. The molecule has 0 spiro atoms. The minimum absolute atomic E-state index is 0.283. The lowest BCUT2D eigenvalue weighted by molar-refractivity contribution is -0.124. The molecular formula is C15H26O. The normalized spacial score (nSPS) is 27.9. The second kappa shape index (κ2) is 6.88. The fraction of sp³-hybridized carbons (Fsp3) is 0.800. The second-order valence-corrected chi connectivity index (χ2v) is 5.29. The first-order valence-electron chi connectivity index (χ1n) is 6.83. The number of unbranched alkanes of at least 4 members (excludes halogenated alkanes) is 1. The first-order chi connectivity index (χ1) is 7.65. The van der Waals surface area contributed by atoms with Crippen molar-refractivity contribution in [2.45, 2.75) is 65.7 Å². The van der Waals surface area contributed by atoms with Gasteiger partial charge in [0, 0.05) is 12.3 Å². The summed E-state index contributed by atoms with van der Waals surface area (Å²) in [6, 6.07) is 0. The Morgan fingerprint density at radius 1 is 1.38 bits per heavy atom. The molecule has 0 N–H and O–H groups in total. The van der Waals surface area contributed by atoms with E-state index in [0.29, 0.717) is 11.7 Å². The van der Waals surface area contributed by atoms with Crippen molar-refractivity contribution in [3.05, 3.63) is 11.6 Å². The van der Waals surface area contributed by atoms with Crippen LogP contribution in [0.4, 0.5) is 0 Å². The number of hydrogen-bond acceptors (Lipinski definition) is 1. The van der Waals surface area contributed by atoms with Gasteiger partial charge in [0.1, 0.15) is 5.78 Å². The van der Waals surface area contributed by atoms with E-state index in [1.807, 2.05) is 0 Å². The van der Waals surface area contributed by atoms with Crippen LogP contribution in [-0.2, 0) is 4.79 Å². The van der Waals surface area contributed by atoms with Crippen molar-refractivity contribution in [2.75, 3.05) is 0 Å². The fourth-order valence-corrected chi connectivity index (χ4v) is 2.58. The minimum Gasteiger partial charge on any atom is -0.299 e. The van der Waals surface area contributed by atoms with E-state index in [1.165, 1.54) is 37.7 Å². The summed E-state index contributed by atoms with van der Waals surface area (Å²) in [6.45, 7) is 6.58. The number of rotatable bonds is 3. The zero-order valence-electron chi connectivity index (χ0n) is 11.1. The van der Waals surface area contributed by atoms with Crippen LogP contribution in [0.1, 0.15) is 65.7 Å². The van der Waals surface area contributed by atoms with Gasteiger partial charge < -0.3 is 0 Å². The highest BCUT2D eigenvalue weighted by Gasteiger charge is 2.23. The van der Waals surface area contributed by atoms with Crippen molar-refractivity contribution in [3.8, 4) is 0 Å². The first kappa shape index (κ1) is 13.5. The van der Waals surface area contributed by atoms with Crippen LogP contribution in [0.2, 0.25) is 0 Å². The second-order valence-electron chi connectivity index (χ2n) is 5.29. The molecule has 1 aliphatic carbocycles. The average molecular weight is 222 g/mol. The van der Waals surface area contributed by atoms with Crippen molar-refractivity contribution in [1.29, 1.82) is 0 Å². The standard InChI is InChI=1S/C15H26O/c1-4-5-8-14-11-10-12(2)7-6-9-15(16)13(14)3/h7,13-14H,4-6,8-11H2,1-3H3/t13?,14-/m0/s1. The Kier molecular flexibility index (Phi) is 5.79. The molecule has 1 aliphatic rings. The zero-order valence-corrected chi connectivity index (χ0v) is 11.1. The predicted octanol–water partition coefficient (Wildman–Crippen LogP) is 4.52. The number of hydrogen-bond donors (Lipinski definition) is 0. The highest BCUT2D eigenvalue weighted by molar-refractivity contribution is 5.81. The summed E-state index contributed by atoms with van der Waals surface area (Å²) in [7, 11) is 0. The van der Waals surface area contributed by atoms with Gasteiger partial charge in [-0.2, -0.15) is 0 Å². The van der Waals surface area contributed by atoms with Gasteiger partial charge in [-0.25, -0.2) is 0 Å². The lowest BCUT2D eigenvalue weighted by atomic mass is 9.82. The van der Waals surface area contributed by atoms with E-state index in [2.05, 4.69) is 26.8 Å². The third-order valence-electron chi connectivity index (χ3n) is 3.94. The Morgan fingerprint density at radius 2 is 2.12 bits per heavy atom. The Hall–Kier alpha value is -0.590. The van der Waals surface area contributed by atoms with Crippen LogP contribution in [0.3, 0.4) is 0 Å². The predicted molar refractivity (Wildman–Crippen MR) is 69.4 cm³/mol. The SMILES string of the molecule is CCCC[C@H]1CCC(C)=CCCC(=O)C1C. The topological polar surface area (TPSA) is 17.1 Å². The molecule has 0 saturated carbocycles. The van der Waals surface area contributed by atoms with Gasteiger partial charge in [-0.3, -0.25) is 4.79 Å². The molecule has 1 unspecified atom stereocenters. The maximum absolute atomic E-state index is 12.0. The van der Waals surface area contributed by atoms with Gasteiger partial charge in [0.25, 0.3) is 0 Å². The van der Waals surface area contributed by atoms with Crippen molar-refractivity contribution in [1.82, 2.24) is 0 Å². The molecule has 0 fully saturated rings. The largest absolute Gasteiger partial charge is 0.299 e. The van der Waals surface area contributed by atoms with E-state index >= 15 is 0 Å². The maximum Gasteiger partial charge on any atom is 0.136 e. The van der Waals surface area contributed by atoms with Crippen LogP contribution < -0.4 is 0 Å². The van der Waals surface area contributed by atoms with Gasteiger partial charge in [-0.15, -0.1) is 0 Å². The van der Waals surface area contributed by atoms with Crippen molar-refractivity contribution >= 4 is 5.78 Å². The van der Waals surface area contributed by atoms with E-state index in [9.17, 15) is 4.79 Å². The summed E-state index contributed by atoms with van der Waals surface area (Å²) in [6.07, 6.45) is 10.1. The van der Waals surface area contributed by atoms with Crippen LogP contribution >= 0.6 is 0 Å². The zero-order chi connectivity index (χ0) is 12.0. The molecule has 1 heteroatoms. The molecule has 1 rings (SSSR count). The highest BCUT2D eigenvalue weighted by Crippen LogP contribution is 2.28. The molecule has 0 aromatic heterocycles. The smallest absolute Gasteiger partial charge is 0.136 e. The van der Waals surface area contributed by atoms with E-state index in [0.717, 1.165) is 12.8 Å². The van der Waals surface area contributed by atoms with Gasteiger partial charge in [0.2, 0.25) is 0 Å². The fourth-order valence-electron chi connectivity index (χ4n) is 2.58. The summed E-state index contributed by atoms with van der Waals surface area (Å²) < 4.78 is 0. The third kappa shape index (κ3) is 4.11. The van der Waals surface area contributed by atoms with E-state index < -0.39 is 0 Å². The van der Waals surface area contributed by atoms with Crippen LogP contribution in [0.25, 0.3) is 0 Å². The quantitative estimate of drug-likeness (QED) is 0.642. The maximum atomic E-state index is 12.0. The van der Waals surface area contributed by atoms with Crippen LogP contribution in [0.5, 0.6) is 0 Å². The highest BCUT2D eigenvalue weighted by atomic mass is 16.1. The summed E-state index contributed by atoms with van der Waals surface area (Å²) in [5, 5.41) is 0. The average Bonchev–Trinajstić information content (AvgIpc) is 2.32. The summed E-state index contributed by atoms with van der Waals surface area (Å²) >= 11 is 0. The van der Waals surface area contributed by atoms with E-state index in [1.54, 1.807) is 0 Å². The van der Waals surface area contributed by atoms with E-state index in [-0.39, 0.29) is 5.92 Å². The van der Waals surface area contributed by atoms with Crippen molar-refractivity contribution < 1.29 is 4.79 Å². The van der Waals surface area contributed by atoms with Gasteiger partial charge in [-0.05, 0) is 38.5 Å². The molecule has 0 amide bonds.